The Kier molecular flexibility index (Phi) is 6.33. The minimum absolute atomic E-state index is 0.0153. The molecule has 27 heavy (non-hydrogen) atoms. The van der Waals surface area contributed by atoms with Crippen LogP contribution in [0.3, 0.4) is 0 Å². The van der Waals surface area contributed by atoms with E-state index in [2.05, 4.69) is 10.6 Å². The quantitative estimate of drug-likeness (QED) is 0.601. The molecule has 3 aromatic rings. The molecule has 2 N–H and O–H groups in total. The van der Waals surface area contributed by atoms with Gasteiger partial charge in [-0.1, -0.05) is 30.3 Å². The van der Waals surface area contributed by atoms with Crippen molar-refractivity contribution >= 4 is 29.3 Å². The van der Waals surface area contributed by atoms with Gasteiger partial charge in [-0.25, -0.2) is 0 Å². The Hall–Kier alpha value is -2.99. The lowest BCUT2D eigenvalue weighted by Gasteiger charge is -2.08. The van der Waals surface area contributed by atoms with Crippen LogP contribution in [0.4, 0.5) is 5.69 Å². The summed E-state index contributed by atoms with van der Waals surface area (Å²) in [5.74, 6) is 0.326. The van der Waals surface area contributed by atoms with Crippen LogP contribution in [0.15, 0.2) is 76.2 Å². The van der Waals surface area contributed by atoms with Gasteiger partial charge in [-0.2, -0.15) is 0 Å². The smallest absolute Gasteiger partial charge is 0.291 e. The summed E-state index contributed by atoms with van der Waals surface area (Å²) in [5.41, 5.74) is 2.80. The molecule has 2 amide bonds. The number of furan rings is 1. The van der Waals surface area contributed by atoms with Crippen molar-refractivity contribution in [1.82, 2.24) is 5.32 Å². The van der Waals surface area contributed by atoms with E-state index in [4.69, 9.17) is 4.42 Å². The predicted molar refractivity (Wildman–Crippen MR) is 107 cm³/mol. The normalized spacial score (nSPS) is 10.4. The molecule has 0 aliphatic heterocycles. The van der Waals surface area contributed by atoms with Crippen LogP contribution >= 0.6 is 11.8 Å². The van der Waals surface area contributed by atoms with Crippen molar-refractivity contribution in [1.29, 1.82) is 0 Å². The number of rotatable bonds is 7. The van der Waals surface area contributed by atoms with Crippen molar-refractivity contribution in [2.24, 2.45) is 0 Å². The Morgan fingerprint density at radius 1 is 1.00 bits per heavy atom. The summed E-state index contributed by atoms with van der Waals surface area (Å²) >= 11 is 1.53. The average molecular weight is 380 g/mol. The van der Waals surface area contributed by atoms with E-state index in [1.54, 1.807) is 24.3 Å². The first kappa shape index (κ1) is 18.8. The van der Waals surface area contributed by atoms with Crippen LogP contribution in [0.5, 0.6) is 0 Å². The van der Waals surface area contributed by atoms with Crippen molar-refractivity contribution in [2.75, 3.05) is 11.1 Å². The van der Waals surface area contributed by atoms with Crippen LogP contribution < -0.4 is 10.6 Å². The summed E-state index contributed by atoms with van der Waals surface area (Å²) in [6, 6.07) is 18.6. The molecule has 0 fully saturated rings. The molecule has 1 heterocycles. The Morgan fingerprint density at radius 3 is 2.48 bits per heavy atom. The van der Waals surface area contributed by atoms with Gasteiger partial charge in [-0.15, -0.1) is 11.8 Å². The molecule has 0 aliphatic carbocycles. The third-order valence-electron chi connectivity index (χ3n) is 3.90. The van der Waals surface area contributed by atoms with Crippen molar-refractivity contribution in [3.8, 4) is 0 Å². The van der Waals surface area contributed by atoms with E-state index in [0.717, 1.165) is 10.5 Å². The molecule has 0 spiro atoms. The molecule has 2 aromatic carbocycles. The monoisotopic (exact) mass is 380 g/mol. The molecule has 0 radical (unpaired) electrons. The van der Waals surface area contributed by atoms with Gasteiger partial charge in [0.2, 0.25) is 5.91 Å². The van der Waals surface area contributed by atoms with Gasteiger partial charge in [0, 0.05) is 17.1 Å². The van der Waals surface area contributed by atoms with Crippen LogP contribution in [0.1, 0.15) is 21.7 Å². The number of hydrogen-bond acceptors (Lipinski definition) is 4. The fourth-order valence-corrected chi connectivity index (χ4v) is 3.28. The van der Waals surface area contributed by atoms with Gasteiger partial charge in [0.1, 0.15) is 0 Å². The van der Waals surface area contributed by atoms with Gasteiger partial charge >= 0.3 is 0 Å². The fourth-order valence-electron chi connectivity index (χ4n) is 2.42. The summed E-state index contributed by atoms with van der Waals surface area (Å²) < 4.78 is 5.06. The average Bonchev–Trinajstić information content (AvgIpc) is 3.22. The number of hydrogen-bond donors (Lipinski definition) is 2. The van der Waals surface area contributed by atoms with Crippen LogP contribution in [0.2, 0.25) is 0 Å². The largest absolute Gasteiger partial charge is 0.459 e. The maximum absolute atomic E-state index is 12.0. The second-order valence-corrected chi connectivity index (χ2v) is 6.98. The molecule has 3 rings (SSSR count). The number of carbonyl (C=O) groups is 2. The molecule has 0 atom stereocenters. The highest BCUT2D eigenvalue weighted by atomic mass is 32.2. The SMILES string of the molecule is Cc1ccccc1SCC(=O)NCc1ccc(NC(=O)c2ccco2)cc1. The van der Waals surface area contributed by atoms with E-state index < -0.39 is 0 Å². The molecule has 0 saturated heterocycles. The molecule has 6 heteroatoms. The number of benzene rings is 2. The zero-order chi connectivity index (χ0) is 19.1. The van der Waals surface area contributed by atoms with Gasteiger partial charge in [0.15, 0.2) is 5.76 Å². The lowest BCUT2D eigenvalue weighted by molar-refractivity contribution is -0.118. The van der Waals surface area contributed by atoms with Gasteiger partial charge in [-0.05, 0) is 48.4 Å². The van der Waals surface area contributed by atoms with Gasteiger partial charge in [0.05, 0.1) is 12.0 Å². The number of carbonyl (C=O) groups excluding carboxylic acids is 2. The van der Waals surface area contributed by atoms with Crippen molar-refractivity contribution in [2.45, 2.75) is 18.4 Å². The van der Waals surface area contributed by atoms with E-state index in [-0.39, 0.29) is 17.6 Å². The van der Waals surface area contributed by atoms with Crippen LogP contribution in [-0.2, 0) is 11.3 Å². The van der Waals surface area contributed by atoms with E-state index >= 15 is 0 Å². The highest BCUT2D eigenvalue weighted by Gasteiger charge is 2.09. The van der Waals surface area contributed by atoms with E-state index in [9.17, 15) is 9.59 Å². The standard InChI is InChI=1S/C21H20N2O3S/c1-15-5-2-3-7-19(15)27-14-20(24)22-13-16-8-10-17(11-9-16)23-21(25)18-6-4-12-26-18/h2-12H,13-14H2,1H3,(H,22,24)(H,23,25). The lowest BCUT2D eigenvalue weighted by atomic mass is 10.2. The molecule has 0 saturated carbocycles. The molecule has 0 aliphatic rings. The predicted octanol–water partition coefficient (Wildman–Crippen LogP) is 4.25. The van der Waals surface area contributed by atoms with Gasteiger partial charge in [0.25, 0.3) is 5.91 Å². The fraction of sp³-hybridized carbons (Fsp3) is 0.143. The first-order valence-electron chi connectivity index (χ1n) is 8.51. The highest BCUT2D eigenvalue weighted by Crippen LogP contribution is 2.21. The number of anilines is 1. The van der Waals surface area contributed by atoms with Crippen LogP contribution in [0, 0.1) is 6.92 Å². The van der Waals surface area contributed by atoms with Crippen LogP contribution in [0.25, 0.3) is 0 Å². The second-order valence-electron chi connectivity index (χ2n) is 5.96. The summed E-state index contributed by atoms with van der Waals surface area (Å²) in [6.07, 6.45) is 1.46. The Balaban J connectivity index is 1.45. The molecule has 0 unspecified atom stereocenters. The maximum Gasteiger partial charge on any atom is 0.291 e. The summed E-state index contributed by atoms with van der Waals surface area (Å²) in [4.78, 5) is 25.1. The van der Waals surface area contributed by atoms with E-state index in [0.29, 0.717) is 18.0 Å². The minimum atomic E-state index is -0.297. The topological polar surface area (TPSA) is 71.3 Å². The highest BCUT2D eigenvalue weighted by molar-refractivity contribution is 8.00. The number of thioether (sulfide) groups is 1. The number of aryl methyl sites for hydroxylation is 1. The Labute approximate surface area is 162 Å². The molecule has 138 valence electrons. The first-order valence-corrected chi connectivity index (χ1v) is 9.49. The number of nitrogens with one attached hydrogen (secondary N) is 2. The maximum atomic E-state index is 12.0. The van der Waals surface area contributed by atoms with Crippen molar-refractivity contribution < 1.29 is 14.0 Å². The van der Waals surface area contributed by atoms with Gasteiger partial charge in [-0.3, -0.25) is 9.59 Å². The van der Waals surface area contributed by atoms with Crippen LogP contribution in [-0.4, -0.2) is 17.6 Å². The molecular weight excluding hydrogens is 360 g/mol. The molecule has 0 bridgehead atoms. The minimum Gasteiger partial charge on any atom is -0.459 e. The summed E-state index contributed by atoms with van der Waals surface area (Å²) in [7, 11) is 0. The van der Waals surface area contributed by atoms with Crippen molar-refractivity contribution in [3.05, 3.63) is 83.8 Å². The van der Waals surface area contributed by atoms with E-state index in [1.165, 1.54) is 23.6 Å². The van der Waals surface area contributed by atoms with Gasteiger partial charge < -0.3 is 15.1 Å². The first-order chi connectivity index (χ1) is 13.1. The zero-order valence-corrected chi connectivity index (χ0v) is 15.7. The lowest BCUT2D eigenvalue weighted by Crippen LogP contribution is -2.24. The molecule has 5 nitrogen and oxygen atoms in total. The number of amides is 2. The summed E-state index contributed by atoms with van der Waals surface area (Å²) in [6.45, 7) is 2.48. The second kappa shape index (κ2) is 9.09. The van der Waals surface area contributed by atoms with Crippen molar-refractivity contribution in [3.63, 3.8) is 0 Å². The van der Waals surface area contributed by atoms with E-state index in [1.807, 2.05) is 43.3 Å². The Bertz CT molecular complexity index is 905. The summed E-state index contributed by atoms with van der Waals surface area (Å²) in [5, 5.41) is 5.67. The molecule has 1 aromatic heterocycles. The third-order valence-corrected chi connectivity index (χ3v) is 5.07. The molecular formula is C21H20N2O3S. The third kappa shape index (κ3) is 5.49. The zero-order valence-electron chi connectivity index (χ0n) is 14.9. The Morgan fingerprint density at radius 2 is 1.78 bits per heavy atom.